The highest BCUT2D eigenvalue weighted by atomic mass is 35.5. The van der Waals surface area contributed by atoms with Gasteiger partial charge in [-0.05, 0) is 55.8 Å². The first-order valence-electron chi connectivity index (χ1n) is 8.30. The van der Waals surface area contributed by atoms with Gasteiger partial charge in [-0.25, -0.2) is 9.97 Å². The summed E-state index contributed by atoms with van der Waals surface area (Å²) in [6.45, 7) is 4.48. The highest BCUT2D eigenvalue weighted by molar-refractivity contribution is 6.30. The summed E-state index contributed by atoms with van der Waals surface area (Å²) in [5, 5.41) is 3.79. The largest absolute Gasteiger partial charge is 0.339 e. The Morgan fingerprint density at radius 1 is 1.12 bits per heavy atom. The summed E-state index contributed by atoms with van der Waals surface area (Å²) < 4.78 is 0. The van der Waals surface area contributed by atoms with E-state index in [-0.39, 0.29) is 5.91 Å². The molecule has 0 fully saturated rings. The Labute approximate surface area is 157 Å². The lowest BCUT2D eigenvalue weighted by molar-refractivity contribution is 0.0983. The van der Waals surface area contributed by atoms with Crippen LogP contribution >= 0.6 is 11.6 Å². The molecule has 3 rings (SSSR count). The molecule has 6 heteroatoms. The average molecular weight is 367 g/mol. The molecule has 1 aromatic heterocycles. The third-order valence-corrected chi connectivity index (χ3v) is 4.11. The van der Waals surface area contributed by atoms with Crippen LogP contribution in [0, 0.1) is 6.92 Å². The number of hydrogen-bond donors (Lipinski definition) is 1. The fraction of sp³-hybridized carbons (Fsp3) is 0.150. The number of aromatic nitrogens is 2. The van der Waals surface area contributed by atoms with Crippen molar-refractivity contribution >= 4 is 34.7 Å². The van der Waals surface area contributed by atoms with Crippen molar-refractivity contribution in [3.05, 3.63) is 77.2 Å². The van der Waals surface area contributed by atoms with Crippen molar-refractivity contribution in [3.8, 4) is 0 Å². The standard InChI is InChI=1S/C20H19ClN4O/c1-3-25(17-6-4-5-14(2)11-17)20(26)18-12-23-19(13-22-18)24-16-9-7-15(21)8-10-16/h4-13H,3H2,1-2H3,(H,23,24). The van der Waals surface area contributed by atoms with Gasteiger partial charge in [0.2, 0.25) is 0 Å². The van der Waals surface area contributed by atoms with Crippen molar-refractivity contribution in [2.24, 2.45) is 0 Å². The van der Waals surface area contributed by atoms with Crippen molar-refractivity contribution in [2.75, 3.05) is 16.8 Å². The first-order chi connectivity index (χ1) is 12.6. The molecule has 1 N–H and O–H groups in total. The van der Waals surface area contributed by atoms with Crippen LogP contribution in [0.25, 0.3) is 0 Å². The van der Waals surface area contributed by atoms with Crippen molar-refractivity contribution in [2.45, 2.75) is 13.8 Å². The minimum absolute atomic E-state index is 0.177. The molecule has 0 saturated carbocycles. The monoisotopic (exact) mass is 366 g/mol. The molecule has 0 aliphatic carbocycles. The van der Waals surface area contributed by atoms with Gasteiger partial charge in [0.15, 0.2) is 0 Å². The van der Waals surface area contributed by atoms with E-state index in [4.69, 9.17) is 11.6 Å². The third-order valence-electron chi connectivity index (χ3n) is 3.86. The first-order valence-corrected chi connectivity index (χ1v) is 8.68. The SMILES string of the molecule is CCN(C(=O)c1cnc(Nc2ccc(Cl)cc2)cn1)c1cccc(C)c1. The maximum atomic E-state index is 12.8. The Bertz CT molecular complexity index is 894. The van der Waals surface area contributed by atoms with Crippen LogP contribution in [0.2, 0.25) is 5.02 Å². The molecule has 5 nitrogen and oxygen atoms in total. The third kappa shape index (κ3) is 4.18. The zero-order valence-corrected chi connectivity index (χ0v) is 15.4. The van der Waals surface area contributed by atoms with Crippen LogP contribution in [0.4, 0.5) is 17.2 Å². The number of carbonyl (C=O) groups excluding carboxylic acids is 1. The summed E-state index contributed by atoms with van der Waals surface area (Å²) >= 11 is 5.88. The Morgan fingerprint density at radius 3 is 2.50 bits per heavy atom. The minimum atomic E-state index is -0.177. The molecule has 0 spiro atoms. The molecule has 1 heterocycles. The van der Waals surface area contributed by atoms with E-state index in [2.05, 4.69) is 15.3 Å². The summed E-state index contributed by atoms with van der Waals surface area (Å²) in [6, 6.07) is 15.1. The van der Waals surface area contributed by atoms with Crippen molar-refractivity contribution < 1.29 is 4.79 Å². The number of benzene rings is 2. The molecule has 0 atom stereocenters. The van der Waals surface area contributed by atoms with E-state index < -0.39 is 0 Å². The zero-order chi connectivity index (χ0) is 18.5. The molecule has 0 aliphatic rings. The predicted octanol–water partition coefficient (Wildman–Crippen LogP) is 4.85. The second-order valence-electron chi connectivity index (χ2n) is 5.81. The van der Waals surface area contributed by atoms with Gasteiger partial charge in [-0.1, -0.05) is 23.7 Å². The maximum Gasteiger partial charge on any atom is 0.278 e. The topological polar surface area (TPSA) is 58.1 Å². The number of hydrogen-bond acceptors (Lipinski definition) is 4. The normalized spacial score (nSPS) is 10.4. The number of amides is 1. The van der Waals surface area contributed by atoms with E-state index in [0.717, 1.165) is 16.9 Å². The number of nitrogens with one attached hydrogen (secondary N) is 1. The lowest BCUT2D eigenvalue weighted by atomic mass is 10.2. The Kier molecular flexibility index (Phi) is 5.49. The van der Waals surface area contributed by atoms with E-state index in [1.54, 1.807) is 23.2 Å². The molecule has 0 aliphatic heterocycles. The molecular formula is C20H19ClN4O. The first kappa shape index (κ1) is 17.9. The van der Waals surface area contributed by atoms with E-state index in [9.17, 15) is 4.79 Å². The van der Waals surface area contributed by atoms with Gasteiger partial charge in [0, 0.05) is 22.9 Å². The van der Waals surface area contributed by atoms with E-state index in [1.807, 2.05) is 50.2 Å². The Hall–Kier alpha value is -2.92. The van der Waals surface area contributed by atoms with Crippen LogP contribution in [0.5, 0.6) is 0 Å². The summed E-state index contributed by atoms with van der Waals surface area (Å²) in [6.07, 6.45) is 3.03. The summed E-state index contributed by atoms with van der Waals surface area (Å²) in [4.78, 5) is 23.0. The van der Waals surface area contributed by atoms with E-state index >= 15 is 0 Å². The van der Waals surface area contributed by atoms with Crippen LogP contribution in [0.15, 0.2) is 60.9 Å². The quantitative estimate of drug-likeness (QED) is 0.701. The lowest BCUT2D eigenvalue weighted by Gasteiger charge is -2.21. The molecule has 2 aromatic carbocycles. The minimum Gasteiger partial charge on any atom is -0.339 e. The van der Waals surface area contributed by atoms with Crippen molar-refractivity contribution in [3.63, 3.8) is 0 Å². The number of aryl methyl sites for hydroxylation is 1. The fourth-order valence-corrected chi connectivity index (χ4v) is 2.69. The van der Waals surface area contributed by atoms with Crippen LogP contribution in [-0.2, 0) is 0 Å². The van der Waals surface area contributed by atoms with Gasteiger partial charge in [-0.15, -0.1) is 0 Å². The Morgan fingerprint density at radius 2 is 1.88 bits per heavy atom. The van der Waals surface area contributed by atoms with Crippen LogP contribution in [0.1, 0.15) is 23.0 Å². The maximum absolute atomic E-state index is 12.8. The molecule has 3 aromatic rings. The zero-order valence-electron chi connectivity index (χ0n) is 14.6. The second-order valence-corrected chi connectivity index (χ2v) is 6.24. The smallest absolute Gasteiger partial charge is 0.278 e. The van der Waals surface area contributed by atoms with Gasteiger partial charge >= 0.3 is 0 Å². The molecule has 0 bridgehead atoms. The van der Waals surface area contributed by atoms with Gasteiger partial charge in [-0.3, -0.25) is 4.79 Å². The van der Waals surface area contributed by atoms with E-state index in [0.29, 0.717) is 23.1 Å². The molecule has 26 heavy (non-hydrogen) atoms. The molecule has 0 unspecified atom stereocenters. The predicted molar refractivity (Wildman–Crippen MR) is 105 cm³/mol. The van der Waals surface area contributed by atoms with Gasteiger partial charge < -0.3 is 10.2 Å². The molecule has 0 radical (unpaired) electrons. The van der Waals surface area contributed by atoms with Crippen molar-refractivity contribution in [1.82, 2.24) is 9.97 Å². The van der Waals surface area contributed by atoms with Crippen LogP contribution < -0.4 is 10.2 Å². The average Bonchev–Trinajstić information content (AvgIpc) is 2.65. The molecule has 132 valence electrons. The summed E-state index contributed by atoms with van der Waals surface area (Å²) in [5.74, 6) is 0.381. The molecule has 0 saturated heterocycles. The number of nitrogens with zero attached hydrogens (tertiary/aromatic N) is 3. The van der Waals surface area contributed by atoms with Crippen LogP contribution in [-0.4, -0.2) is 22.4 Å². The van der Waals surface area contributed by atoms with Gasteiger partial charge in [0.1, 0.15) is 11.5 Å². The highest BCUT2D eigenvalue weighted by Crippen LogP contribution is 2.19. The number of anilines is 3. The fourth-order valence-electron chi connectivity index (χ4n) is 2.56. The molecule has 1 amide bonds. The highest BCUT2D eigenvalue weighted by Gasteiger charge is 2.18. The van der Waals surface area contributed by atoms with E-state index in [1.165, 1.54) is 6.20 Å². The molecular weight excluding hydrogens is 348 g/mol. The number of rotatable bonds is 5. The van der Waals surface area contributed by atoms with Crippen molar-refractivity contribution in [1.29, 1.82) is 0 Å². The number of carbonyl (C=O) groups is 1. The Balaban J connectivity index is 1.76. The summed E-state index contributed by atoms with van der Waals surface area (Å²) in [7, 11) is 0. The van der Waals surface area contributed by atoms with Gasteiger partial charge in [0.05, 0.1) is 12.4 Å². The summed E-state index contributed by atoms with van der Waals surface area (Å²) in [5.41, 5.74) is 3.10. The van der Waals surface area contributed by atoms with Crippen LogP contribution in [0.3, 0.4) is 0 Å². The van der Waals surface area contributed by atoms with Gasteiger partial charge in [-0.2, -0.15) is 0 Å². The lowest BCUT2D eigenvalue weighted by Crippen LogP contribution is -2.31. The number of halogens is 1. The van der Waals surface area contributed by atoms with Gasteiger partial charge in [0.25, 0.3) is 5.91 Å². The second kappa shape index (κ2) is 7.97.